The van der Waals surface area contributed by atoms with Gasteiger partial charge in [0.1, 0.15) is 0 Å². The molecule has 0 amide bonds. The van der Waals surface area contributed by atoms with Crippen LogP contribution in [-0.4, -0.2) is 17.8 Å². The van der Waals surface area contributed by atoms with Crippen molar-refractivity contribution in [3.8, 4) is 0 Å². The van der Waals surface area contributed by atoms with Gasteiger partial charge in [-0.1, -0.05) is 42.8 Å². The molecule has 19 heavy (non-hydrogen) atoms. The van der Waals surface area contributed by atoms with Gasteiger partial charge in [-0.25, -0.2) is 0 Å². The smallest absolute Gasteiger partial charge is 0.0253 e. The molecule has 0 saturated heterocycles. The lowest BCUT2D eigenvalue weighted by Crippen LogP contribution is -2.44. The highest BCUT2D eigenvalue weighted by Gasteiger charge is 2.34. The first-order valence-corrected chi connectivity index (χ1v) is 8.83. The molecule has 2 atom stereocenters. The van der Waals surface area contributed by atoms with E-state index in [0.717, 1.165) is 6.54 Å². The molecule has 1 aromatic carbocycles. The molecule has 1 fully saturated rings. The van der Waals surface area contributed by atoms with Crippen LogP contribution in [0.2, 0.25) is 0 Å². The number of hydrogen-bond donors (Lipinski definition) is 1. The standard InChI is InChI=1S/C16H24BrNS/c1-4-18-14-8-9-16(2,3)11-15(14)19-13-7-5-6-12(17)10-13/h5-7,10,14-15,18H,4,8-9,11H2,1-3H3. The second kappa shape index (κ2) is 6.64. The van der Waals surface area contributed by atoms with Crippen molar-refractivity contribution < 1.29 is 0 Å². The van der Waals surface area contributed by atoms with Gasteiger partial charge in [-0.2, -0.15) is 0 Å². The molecule has 106 valence electrons. The summed E-state index contributed by atoms with van der Waals surface area (Å²) in [6.07, 6.45) is 3.93. The normalized spacial score (nSPS) is 26.3. The third-order valence-electron chi connectivity index (χ3n) is 3.88. The minimum absolute atomic E-state index is 0.482. The lowest BCUT2D eigenvalue weighted by Gasteiger charge is -2.40. The first-order chi connectivity index (χ1) is 9.00. The van der Waals surface area contributed by atoms with E-state index < -0.39 is 0 Å². The van der Waals surface area contributed by atoms with E-state index in [1.165, 1.54) is 28.6 Å². The van der Waals surface area contributed by atoms with Crippen molar-refractivity contribution >= 4 is 27.7 Å². The van der Waals surface area contributed by atoms with Crippen LogP contribution in [0, 0.1) is 5.41 Å². The van der Waals surface area contributed by atoms with Gasteiger partial charge in [-0.05, 0) is 49.4 Å². The molecule has 1 aliphatic rings. The average molecular weight is 342 g/mol. The van der Waals surface area contributed by atoms with E-state index in [0.29, 0.717) is 16.7 Å². The van der Waals surface area contributed by atoms with E-state index in [1.54, 1.807) is 0 Å². The van der Waals surface area contributed by atoms with Crippen molar-refractivity contribution in [3.63, 3.8) is 0 Å². The molecule has 2 rings (SSSR count). The molecule has 2 unspecified atom stereocenters. The maximum atomic E-state index is 3.67. The van der Waals surface area contributed by atoms with Crippen LogP contribution in [0.4, 0.5) is 0 Å². The Labute approximate surface area is 130 Å². The number of halogens is 1. The van der Waals surface area contributed by atoms with E-state index in [4.69, 9.17) is 0 Å². The minimum Gasteiger partial charge on any atom is -0.313 e. The first kappa shape index (κ1) is 15.4. The number of rotatable bonds is 4. The molecule has 1 aromatic rings. The molecule has 3 heteroatoms. The lowest BCUT2D eigenvalue weighted by atomic mass is 9.75. The Hall–Kier alpha value is 0.01000. The second-order valence-corrected chi connectivity index (χ2v) is 8.41. The molecule has 1 nitrogen and oxygen atoms in total. The van der Waals surface area contributed by atoms with E-state index in [2.05, 4.69) is 66.3 Å². The van der Waals surface area contributed by atoms with Gasteiger partial charge >= 0.3 is 0 Å². The molecule has 0 aromatic heterocycles. The topological polar surface area (TPSA) is 12.0 Å². The predicted molar refractivity (Wildman–Crippen MR) is 88.9 cm³/mol. The van der Waals surface area contributed by atoms with E-state index in [1.807, 2.05) is 11.8 Å². The number of benzene rings is 1. The van der Waals surface area contributed by atoms with Crippen LogP contribution in [0.3, 0.4) is 0 Å². The van der Waals surface area contributed by atoms with Crippen LogP contribution in [0.15, 0.2) is 33.6 Å². The van der Waals surface area contributed by atoms with Crippen molar-refractivity contribution in [2.45, 2.75) is 56.2 Å². The van der Waals surface area contributed by atoms with Gasteiger partial charge in [0.25, 0.3) is 0 Å². The average Bonchev–Trinajstić information content (AvgIpc) is 2.32. The fourth-order valence-corrected chi connectivity index (χ4v) is 5.04. The Balaban J connectivity index is 2.09. The zero-order valence-corrected chi connectivity index (χ0v) is 14.5. The van der Waals surface area contributed by atoms with Gasteiger partial charge in [-0.3, -0.25) is 0 Å². The van der Waals surface area contributed by atoms with E-state index in [9.17, 15) is 0 Å². The van der Waals surface area contributed by atoms with Crippen molar-refractivity contribution in [1.29, 1.82) is 0 Å². The maximum Gasteiger partial charge on any atom is 0.0253 e. The summed E-state index contributed by atoms with van der Waals surface area (Å²) in [5.74, 6) is 0. The Kier molecular flexibility index (Phi) is 5.38. The summed E-state index contributed by atoms with van der Waals surface area (Å²) in [4.78, 5) is 1.37. The third-order valence-corrected chi connectivity index (χ3v) is 5.70. The zero-order chi connectivity index (χ0) is 13.9. The number of hydrogen-bond acceptors (Lipinski definition) is 2. The summed E-state index contributed by atoms with van der Waals surface area (Å²) < 4.78 is 1.17. The first-order valence-electron chi connectivity index (χ1n) is 7.16. The van der Waals surface area contributed by atoms with Crippen LogP contribution in [-0.2, 0) is 0 Å². The predicted octanol–water partition coefficient (Wildman–Crippen LogP) is 5.10. The van der Waals surface area contributed by atoms with Crippen LogP contribution in [0.5, 0.6) is 0 Å². The number of nitrogens with one attached hydrogen (secondary N) is 1. The van der Waals surface area contributed by atoms with Gasteiger partial charge < -0.3 is 5.32 Å². The van der Waals surface area contributed by atoms with E-state index >= 15 is 0 Å². The highest BCUT2D eigenvalue weighted by molar-refractivity contribution is 9.10. The SMILES string of the molecule is CCNC1CCC(C)(C)CC1Sc1cccc(Br)c1. The highest BCUT2D eigenvalue weighted by Crippen LogP contribution is 2.42. The van der Waals surface area contributed by atoms with Crippen molar-refractivity contribution in [2.75, 3.05) is 6.54 Å². The maximum absolute atomic E-state index is 3.67. The minimum atomic E-state index is 0.482. The molecular weight excluding hydrogens is 318 g/mol. The van der Waals surface area contributed by atoms with Gasteiger partial charge in [0.05, 0.1) is 0 Å². The van der Waals surface area contributed by atoms with Crippen LogP contribution in [0.1, 0.15) is 40.0 Å². The molecule has 1 aliphatic carbocycles. The zero-order valence-electron chi connectivity index (χ0n) is 12.1. The summed E-state index contributed by atoms with van der Waals surface area (Å²) in [6.45, 7) is 8.09. The van der Waals surface area contributed by atoms with Crippen LogP contribution in [0.25, 0.3) is 0 Å². The van der Waals surface area contributed by atoms with Crippen molar-refractivity contribution in [1.82, 2.24) is 5.32 Å². The van der Waals surface area contributed by atoms with Gasteiger partial charge in [-0.15, -0.1) is 11.8 Å². The molecule has 0 radical (unpaired) electrons. The molecule has 0 heterocycles. The summed E-state index contributed by atoms with van der Waals surface area (Å²) in [6, 6.07) is 9.33. The van der Waals surface area contributed by atoms with Crippen molar-refractivity contribution in [3.05, 3.63) is 28.7 Å². The summed E-state index contributed by atoms with van der Waals surface area (Å²) >= 11 is 5.60. The van der Waals surface area contributed by atoms with E-state index in [-0.39, 0.29) is 0 Å². The largest absolute Gasteiger partial charge is 0.313 e. The van der Waals surface area contributed by atoms with Crippen LogP contribution < -0.4 is 5.32 Å². The Morgan fingerprint density at radius 3 is 2.89 bits per heavy atom. The molecule has 0 bridgehead atoms. The monoisotopic (exact) mass is 341 g/mol. The fourth-order valence-electron chi connectivity index (χ4n) is 2.86. The molecule has 1 saturated carbocycles. The lowest BCUT2D eigenvalue weighted by molar-refractivity contribution is 0.215. The molecular formula is C16H24BrNS. The molecule has 1 N–H and O–H groups in total. The van der Waals surface area contributed by atoms with Crippen LogP contribution >= 0.6 is 27.7 Å². The van der Waals surface area contributed by atoms with Crippen molar-refractivity contribution in [2.24, 2.45) is 5.41 Å². The fraction of sp³-hybridized carbons (Fsp3) is 0.625. The Morgan fingerprint density at radius 1 is 1.42 bits per heavy atom. The summed E-state index contributed by atoms with van der Waals surface area (Å²) in [5, 5.41) is 4.35. The quantitative estimate of drug-likeness (QED) is 0.817. The summed E-state index contributed by atoms with van der Waals surface area (Å²) in [5.41, 5.74) is 0.482. The third kappa shape index (κ3) is 4.51. The summed E-state index contributed by atoms with van der Waals surface area (Å²) in [7, 11) is 0. The Morgan fingerprint density at radius 2 is 2.21 bits per heavy atom. The van der Waals surface area contributed by atoms with Gasteiger partial charge in [0, 0.05) is 20.7 Å². The highest BCUT2D eigenvalue weighted by atomic mass is 79.9. The molecule has 0 aliphatic heterocycles. The van der Waals surface area contributed by atoms with Gasteiger partial charge in [0.15, 0.2) is 0 Å². The number of thioether (sulfide) groups is 1. The Bertz CT molecular complexity index is 419. The van der Waals surface area contributed by atoms with Gasteiger partial charge in [0.2, 0.25) is 0 Å². The second-order valence-electron chi connectivity index (χ2n) is 6.18. The molecule has 0 spiro atoms.